The number of hydrogen-bond acceptors (Lipinski definition) is 5. The summed E-state index contributed by atoms with van der Waals surface area (Å²) in [6, 6.07) is 7.75. The van der Waals surface area contributed by atoms with Crippen molar-refractivity contribution in [2.24, 2.45) is 5.73 Å². The Morgan fingerprint density at radius 3 is 2.56 bits per heavy atom. The molecule has 7 heteroatoms. The number of aromatic nitrogens is 1. The molecule has 7 nitrogen and oxygen atoms in total. The van der Waals surface area contributed by atoms with Crippen LogP contribution in [0.3, 0.4) is 0 Å². The minimum atomic E-state index is -0.291. The molecule has 0 spiro atoms. The summed E-state index contributed by atoms with van der Waals surface area (Å²) in [5.74, 6) is 0.130. The summed E-state index contributed by atoms with van der Waals surface area (Å²) in [5, 5.41) is 9.77. The lowest BCUT2D eigenvalue weighted by Gasteiger charge is -2.27. The lowest BCUT2D eigenvalue weighted by Crippen LogP contribution is -2.41. The summed E-state index contributed by atoms with van der Waals surface area (Å²) in [5.41, 5.74) is 8.26. The highest BCUT2D eigenvalue weighted by Crippen LogP contribution is 2.21. The van der Waals surface area contributed by atoms with E-state index in [1.807, 2.05) is 18.2 Å². The molecule has 1 fully saturated rings. The van der Waals surface area contributed by atoms with Gasteiger partial charge in [-0.1, -0.05) is 23.4 Å². The lowest BCUT2D eigenvalue weighted by molar-refractivity contribution is -0.121. The maximum absolute atomic E-state index is 12.6. The molecular formula is C20H26N4O3. The number of nitrogens with two attached hydrogens (primary N) is 1. The number of nitrogens with zero attached hydrogens (tertiary/aromatic N) is 1. The topological polar surface area (TPSA) is 110 Å². The van der Waals surface area contributed by atoms with Gasteiger partial charge in [-0.25, -0.2) is 0 Å². The number of anilines is 1. The largest absolute Gasteiger partial charge is 0.361 e. The van der Waals surface area contributed by atoms with Gasteiger partial charge >= 0.3 is 0 Å². The summed E-state index contributed by atoms with van der Waals surface area (Å²) in [4.78, 5) is 25.0. The summed E-state index contributed by atoms with van der Waals surface area (Å²) in [7, 11) is 0. The normalized spacial score (nSPS) is 19.5. The van der Waals surface area contributed by atoms with Crippen LogP contribution < -0.4 is 16.4 Å². The molecule has 144 valence electrons. The van der Waals surface area contributed by atoms with Crippen molar-refractivity contribution in [2.75, 3.05) is 5.32 Å². The van der Waals surface area contributed by atoms with Gasteiger partial charge in [-0.3, -0.25) is 9.59 Å². The molecule has 0 atom stereocenters. The van der Waals surface area contributed by atoms with Gasteiger partial charge in [0.2, 0.25) is 5.91 Å². The third-order valence-electron chi connectivity index (χ3n) is 5.01. The SMILES string of the molecule is Cc1noc(C)c1C(=O)Nc1ccccc1CC(=O)NC1CCC(N)CC1. The van der Waals surface area contributed by atoms with Gasteiger partial charge in [0.25, 0.3) is 5.91 Å². The average molecular weight is 370 g/mol. The first-order chi connectivity index (χ1) is 12.9. The van der Waals surface area contributed by atoms with Gasteiger partial charge in [0, 0.05) is 17.8 Å². The molecule has 0 aliphatic heterocycles. The van der Waals surface area contributed by atoms with E-state index in [4.69, 9.17) is 10.3 Å². The number of para-hydroxylation sites is 1. The van der Waals surface area contributed by atoms with Crippen LogP contribution in [0.1, 0.15) is 53.1 Å². The standard InChI is InChI=1S/C20H26N4O3/c1-12-19(13(2)27-24-12)20(26)23-17-6-4-3-5-14(17)11-18(25)22-16-9-7-15(21)8-10-16/h3-6,15-16H,7-11,21H2,1-2H3,(H,22,25)(H,23,26). The third kappa shape index (κ3) is 4.74. The zero-order valence-corrected chi connectivity index (χ0v) is 15.7. The van der Waals surface area contributed by atoms with Crippen molar-refractivity contribution in [3.8, 4) is 0 Å². The van der Waals surface area contributed by atoms with Crippen LogP contribution in [0.25, 0.3) is 0 Å². The second-order valence-electron chi connectivity index (χ2n) is 7.17. The Bertz CT molecular complexity index is 803. The fourth-order valence-corrected chi connectivity index (χ4v) is 3.50. The van der Waals surface area contributed by atoms with Gasteiger partial charge in [-0.05, 0) is 51.2 Å². The van der Waals surface area contributed by atoms with Crippen molar-refractivity contribution in [1.29, 1.82) is 0 Å². The smallest absolute Gasteiger partial charge is 0.261 e. The van der Waals surface area contributed by atoms with E-state index in [1.54, 1.807) is 19.9 Å². The number of rotatable bonds is 5. The minimum absolute atomic E-state index is 0.0468. The van der Waals surface area contributed by atoms with E-state index in [2.05, 4.69) is 15.8 Å². The van der Waals surface area contributed by atoms with Gasteiger partial charge in [0.15, 0.2) is 0 Å². The summed E-state index contributed by atoms with van der Waals surface area (Å²) in [6.07, 6.45) is 3.92. The second-order valence-corrected chi connectivity index (χ2v) is 7.17. The molecule has 0 saturated heterocycles. The van der Waals surface area contributed by atoms with E-state index >= 15 is 0 Å². The average Bonchev–Trinajstić information content (AvgIpc) is 2.97. The molecule has 4 N–H and O–H groups in total. The minimum Gasteiger partial charge on any atom is -0.361 e. The molecule has 1 aromatic carbocycles. The molecular weight excluding hydrogens is 344 g/mol. The summed E-state index contributed by atoms with van der Waals surface area (Å²) >= 11 is 0. The number of carbonyl (C=O) groups is 2. The second kappa shape index (κ2) is 8.35. The maximum atomic E-state index is 12.6. The highest BCUT2D eigenvalue weighted by Gasteiger charge is 2.21. The molecule has 1 heterocycles. The molecule has 0 bridgehead atoms. The Balaban J connectivity index is 1.65. The van der Waals surface area contributed by atoms with Gasteiger partial charge in [0.1, 0.15) is 11.3 Å². The van der Waals surface area contributed by atoms with Crippen LogP contribution in [0.4, 0.5) is 5.69 Å². The van der Waals surface area contributed by atoms with Gasteiger partial charge in [0.05, 0.1) is 12.1 Å². The van der Waals surface area contributed by atoms with Gasteiger partial charge in [-0.15, -0.1) is 0 Å². The van der Waals surface area contributed by atoms with Crippen molar-refractivity contribution in [3.63, 3.8) is 0 Å². The van der Waals surface area contributed by atoms with Crippen LogP contribution in [-0.2, 0) is 11.2 Å². The van der Waals surface area contributed by atoms with Crippen molar-refractivity contribution >= 4 is 17.5 Å². The Morgan fingerprint density at radius 2 is 1.89 bits per heavy atom. The molecule has 1 saturated carbocycles. The van der Waals surface area contributed by atoms with E-state index in [1.165, 1.54) is 0 Å². The molecule has 0 unspecified atom stereocenters. The van der Waals surface area contributed by atoms with Crippen molar-refractivity contribution in [2.45, 2.75) is 58.0 Å². The maximum Gasteiger partial charge on any atom is 0.261 e. The molecule has 1 aromatic heterocycles. The van der Waals surface area contributed by atoms with Crippen molar-refractivity contribution in [1.82, 2.24) is 10.5 Å². The molecule has 1 aliphatic carbocycles. The molecule has 2 aromatic rings. The first-order valence-corrected chi connectivity index (χ1v) is 9.31. The fraction of sp³-hybridized carbons (Fsp3) is 0.450. The number of hydrogen-bond donors (Lipinski definition) is 3. The van der Waals surface area contributed by atoms with Crippen LogP contribution in [-0.4, -0.2) is 29.1 Å². The van der Waals surface area contributed by atoms with Gasteiger partial charge < -0.3 is 20.9 Å². The summed E-state index contributed by atoms with van der Waals surface area (Å²) < 4.78 is 5.06. The predicted molar refractivity (Wildman–Crippen MR) is 102 cm³/mol. The number of carbonyl (C=O) groups excluding carboxylic acids is 2. The van der Waals surface area contributed by atoms with E-state index in [0.717, 1.165) is 31.2 Å². The fourth-order valence-electron chi connectivity index (χ4n) is 3.50. The molecule has 3 rings (SSSR count). The number of amides is 2. The number of nitrogens with one attached hydrogen (secondary N) is 2. The Hall–Kier alpha value is -2.67. The first kappa shape index (κ1) is 19.1. The van der Waals surface area contributed by atoms with Crippen LogP contribution in [0.15, 0.2) is 28.8 Å². The molecule has 27 heavy (non-hydrogen) atoms. The Labute approximate surface area is 158 Å². The van der Waals surface area contributed by atoms with Crippen LogP contribution in [0.2, 0.25) is 0 Å². The zero-order valence-electron chi connectivity index (χ0n) is 15.7. The van der Waals surface area contributed by atoms with E-state index in [9.17, 15) is 9.59 Å². The molecule has 1 aliphatic rings. The quantitative estimate of drug-likeness (QED) is 0.749. The lowest BCUT2D eigenvalue weighted by atomic mass is 9.91. The first-order valence-electron chi connectivity index (χ1n) is 9.31. The highest BCUT2D eigenvalue weighted by atomic mass is 16.5. The number of benzene rings is 1. The van der Waals surface area contributed by atoms with E-state index < -0.39 is 0 Å². The van der Waals surface area contributed by atoms with E-state index in [-0.39, 0.29) is 30.3 Å². The third-order valence-corrected chi connectivity index (χ3v) is 5.01. The van der Waals surface area contributed by atoms with Crippen LogP contribution in [0, 0.1) is 13.8 Å². The monoisotopic (exact) mass is 370 g/mol. The van der Waals surface area contributed by atoms with Crippen LogP contribution in [0.5, 0.6) is 0 Å². The van der Waals surface area contributed by atoms with E-state index in [0.29, 0.717) is 22.7 Å². The van der Waals surface area contributed by atoms with Crippen LogP contribution >= 0.6 is 0 Å². The predicted octanol–water partition coefficient (Wildman–Crippen LogP) is 2.47. The molecule has 0 radical (unpaired) electrons. The van der Waals surface area contributed by atoms with Crippen molar-refractivity contribution < 1.29 is 14.1 Å². The van der Waals surface area contributed by atoms with Crippen molar-refractivity contribution in [3.05, 3.63) is 46.8 Å². The van der Waals surface area contributed by atoms with Gasteiger partial charge in [-0.2, -0.15) is 0 Å². The zero-order chi connectivity index (χ0) is 19.4. The Kier molecular flexibility index (Phi) is 5.91. The summed E-state index contributed by atoms with van der Waals surface area (Å²) in [6.45, 7) is 3.42. The number of aryl methyl sites for hydroxylation is 2. The highest BCUT2D eigenvalue weighted by molar-refractivity contribution is 6.06. The molecule has 2 amide bonds. The Morgan fingerprint density at radius 1 is 1.19 bits per heavy atom.